The predicted octanol–water partition coefficient (Wildman–Crippen LogP) is 3.25. The predicted molar refractivity (Wildman–Crippen MR) is 159 cm³/mol. The third-order valence-corrected chi connectivity index (χ3v) is 6.71. The average Bonchev–Trinajstić information content (AvgIpc) is 3.29. The molecule has 4 aromatic rings. The van der Waals surface area contributed by atoms with Crippen molar-refractivity contribution in [1.82, 2.24) is 24.5 Å². The number of carbonyl (C=O) groups excluding carboxylic acids is 2. The van der Waals surface area contributed by atoms with Gasteiger partial charge in [0.25, 0.3) is 0 Å². The van der Waals surface area contributed by atoms with Crippen molar-refractivity contribution >= 4 is 61.9 Å². The topological polar surface area (TPSA) is 205 Å². The van der Waals surface area contributed by atoms with Gasteiger partial charge in [0.15, 0.2) is 11.8 Å². The number of quaternary nitrogens is 1. The number of amides is 1. The van der Waals surface area contributed by atoms with Crippen LogP contribution in [0.25, 0.3) is 10.9 Å². The molecule has 0 aliphatic heterocycles. The highest BCUT2D eigenvalue weighted by Gasteiger charge is 2.31. The third-order valence-electron chi connectivity index (χ3n) is 6.10. The Hall–Kier alpha value is -5.55. The monoisotopic (exact) mass is 722 g/mol. The van der Waals surface area contributed by atoms with E-state index in [-0.39, 0.29) is 28.5 Å². The van der Waals surface area contributed by atoms with Crippen molar-refractivity contribution in [3.63, 3.8) is 0 Å². The molecular weight excluding hydrogens is 700 g/mol. The van der Waals surface area contributed by atoms with Crippen molar-refractivity contribution in [3.05, 3.63) is 80.9 Å². The molecule has 3 heterocycles. The number of likely N-dealkylation sites (N-methyl/N-ethyl adjacent to an activating group) is 1. The summed E-state index contributed by atoms with van der Waals surface area (Å²) < 4.78 is 47.1. The Morgan fingerprint density at radius 2 is 1.89 bits per heavy atom. The molecule has 3 aromatic heterocycles. The van der Waals surface area contributed by atoms with Crippen molar-refractivity contribution in [2.24, 2.45) is 7.05 Å². The fourth-order valence-corrected chi connectivity index (χ4v) is 4.24. The van der Waals surface area contributed by atoms with E-state index in [1.165, 1.54) is 29.2 Å². The first kappa shape index (κ1) is 35.9. The number of aromatic nitrogens is 5. The second kappa shape index (κ2) is 14.7. The summed E-state index contributed by atoms with van der Waals surface area (Å²) in [5, 5.41) is 35.8. The van der Waals surface area contributed by atoms with E-state index >= 15 is 0 Å². The molecule has 0 radical (unpaired) electrons. The zero-order valence-corrected chi connectivity index (χ0v) is 26.1. The van der Waals surface area contributed by atoms with E-state index < -0.39 is 28.8 Å². The lowest BCUT2D eigenvalue weighted by Crippen LogP contribution is -2.39. The number of hydrogen-bond donors (Lipinski definition) is 2. The summed E-state index contributed by atoms with van der Waals surface area (Å²) >= 11 is 3.16. The van der Waals surface area contributed by atoms with E-state index in [4.69, 9.17) is 9.90 Å². The smallest absolute Gasteiger partial charge is 0.430 e. The molecule has 1 aromatic carbocycles. The minimum atomic E-state index is -5.19. The fourth-order valence-electron chi connectivity index (χ4n) is 3.86. The summed E-state index contributed by atoms with van der Waals surface area (Å²) in [4.78, 5) is 48.7. The number of aliphatic carboxylic acids is 1. The van der Waals surface area contributed by atoms with Crippen molar-refractivity contribution in [2.75, 3.05) is 31.3 Å². The third kappa shape index (κ3) is 9.72. The van der Waals surface area contributed by atoms with E-state index in [0.29, 0.717) is 39.1 Å². The molecule has 246 valence electrons. The van der Waals surface area contributed by atoms with Gasteiger partial charge in [-0.25, -0.2) is 19.3 Å². The standard InChI is InChI=1S/C25H22BrFN10O3.C2HF3O2/c1-35-20(25(36(39)40)34-22(35)11-28)13-37(2,3)8-4-5-23(38)33-21-10-16-19(12-29-21)30-14-31-24(16)32-15-6-7-18(27)17(26)9-15;3-2(4,5)1(6)7/h4-7,9-10,12,14H,8,13H2,1-3H3,(H-,29,30,31,32,33,38);(H,6,7)/b5-4+;. The number of nitriles is 1. The number of alkyl halides is 3. The van der Waals surface area contributed by atoms with Gasteiger partial charge in [-0.05, 0) is 56.2 Å². The highest BCUT2D eigenvalue weighted by Crippen LogP contribution is 2.27. The lowest BCUT2D eigenvalue weighted by Gasteiger charge is -2.28. The molecular formula is C27H23BrF4N10O5. The van der Waals surface area contributed by atoms with Crippen LogP contribution >= 0.6 is 15.9 Å². The Morgan fingerprint density at radius 1 is 1.21 bits per heavy atom. The first-order chi connectivity index (χ1) is 21.9. The van der Waals surface area contributed by atoms with Crippen LogP contribution in [-0.2, 0) is 23.2 Å². The molecule has 0 saturated heterocycles. The van der Waals surface area contributed by atoms with Crippen LogP contribution in [-0.4, -0.2) is 72.6 Å². The number of rotatable bonds is 9. The van der Waals surface area contributed by atoms with Gasteiger partial charge in [0.1, 0.15) is 36.3 Å². The first-order valence-corrected chi connectivity index (χ1v) is 13.7. The minimum absolute atomic E-state index is 0.0474. The quantitative estimate of drug-likeness (QED) is 0.0843. The molecule has 20 heteroatoms. The summed E-state index contributed by atoms with van der Waals surface area (Å²) in [6, 6.07) is 7.93. The van der Waals surface area contributed by atoms with Gasteiger partial charge in [0, 0.05) is 24.2 Å². The molecule has 0 spiro atoms. The number of carboxylic acid groups (broad SMARTS) is 1. The van der Waals surface area contributed by atoms with Crippen molar-refractivity contribution in [3.8, 4) is 6.07 Å². The van der Waals surface area contributed by atoms with Crippen LogP contribution < -0.4 is 15.7 Å². The van der Waals surface area contributed by atoms with Gasteiger partial charge < -0.3 is 35.1 Å². The fraction of sp³-hybridized carbons (Fsp3) is 0.222. The molecule has 2 N–H and O–H groups in total. The van der Waals surface area contributed by atoms with E-state index in [2.05, 4.69) is 46.5 Å². The van der Waals surface area contributed by atoms with E-state index in [1.54, 1.807) is 31.3 Å². The Kier molecular flexibility index (Phi) is 11.2. The largest absolute Gasteiger partial charge is 0.542 e. The number of nitrogens with zero attached hydrogens (tertiary/aromatic N) is 8. The summed E-state index contributed by atoms with van der Waals surface area (Å²) in [5.41, 5.74) is 1.44. The molecule has 0 bridgehead atoms. The second-order valence-corrected chi connectivity index (χ2v) is 11.0. The number of nitrogens with one attached hydrogen (secondary N) is 2. The Bertz CT molecular complexity index is 1910. The van der Waals surface area contributed by atoms with Crippen LogP contribution in [0.5, 0.6) is 0 Å². The maximum Gasteiger partial charge on any atom is 0.430 e. The SMILES string of the molecule is Cn1c(C#N)nc([N+](=O)[O-])c1C[N+](C)(C)C/C=C/C(=O)Nc1cc2c(Nc3ccc(F)c(Br)c3)ncnc2cn1.O=C([O-])C(F)(F)F. The van der Waals surface area contributed by atoms with Gasteiger partial charge in [-0.2, -0.15) is 18.4 Å². The number of nitro groups is 1. The van der Waals surface area contributed by atoms with Gasteiger partial charge in [-0.15, -0.1) is 0 Å². The molecule has 1 amide bonds. The molecule has 0 fully saturated rings. The highest BCUT2D eigenvalue weighted by atomic mass is 79.9. The van der Waals surface area contributed by atoms with Crippen molar-refractivity contribution < 1.29 is 41.7 Å². The maximum atomic E-state index is 13.6. The van der Waals surface area contributed by atoms with Crippen LogP contribution in [0.4, 0.5) is 40.7 Å². The number of benzene rings is 1. The van der Waals surface area contributed by atoms with Gasteiger partial charge >= 0.3 is 17.8 Å². The molecule has 4 rings (SSSR count). The molecule has 0 atom stereocenters. The van der Waals surface area contributed by atoms with Crippen LogP contribution in [0, 0.1) is 27.3 Å². The van der Waals surface area contributed by atoms with E-state index in [0.717, 1.165) is 0 Å². The Balaban J connectivity index is 0.000000771. The van der Waals surface area contributed by atoms with E-state index in [9.17, 15) is 37.7 Å². The van der Waals surface area contributed by atoms with Gasteiger partial charge in [0.2, 0.25) is 5.91 Å². The van der Waals surface area contributed by atoms with Crippen LogP contribution in [0.1, 0.15) is 11.5 Å². The lowest BCUT2D eigenvalue weighted by molar-refractivity contribution is -0.898. The zero-order valence-electron chi connectivity index (χ0n) is 24.5. The Morgan fingerprint density at radius 3 is 2.49 bits per heavy atom. The molecule has 0 aliphatic carbocycles. The second-order valence-electron chi connectivity index (χ2n) is 10.1. The number of carbonyl (C=O) groups is 2. The number of anilines is 3. The number of imidazole rings is 1. The molecule has 0 saturated carbocycles. The Labute approximate surface area is 271 Å². The number of pyridine rings is 1. The number of carboxylic acids is 1. The number of fused-ring (bicyclic) bond motifs is 1. The molecule has 15 nitrogen and oxygen atoms in total. The summed E-state index contributed by atoms with van der Waals surface area (Å²) in [6.07, 6.45) is 0.665. The highest BCUT2D eigenvalue weighted by molar-refractivity contribution is 9.10. The van der Waals surface area contributed by atoms with Crippen LogP contribution in [0.15, 0.2) is 53.4 Å². The zero-order chi connectivity index (χ0) is 35.1. The van der Waals surface area contributed by atoms with Crippen molar-refractivity contribution in [2.45, 2.75) is 12.7 Å². The number of hydrogen-bond acceptors (Lipinski definition) is 11. The number of halogens is 5. The van der Waals surface area contributed by atoms with Crippen LogP contribution in [0.2, 0.25) is 0 Å². The summed E-state index contributed by atoms with van der Waals surface area (Å²) in [6.45, 7) is 0.567. The lowest BCUT2D eigenvalue weighted by atomic mass is 10.2. The molecule has 0 aliphatic rings. The van der Waals surface area contributed by atoms with Gasteiger partial charge in [0.05, 0.1) is 36.8 Å². The first-order valence-electron chi connectivity index (χ1n) is 12.9. The average molecular weight is 723 g/mol. The normalized spacial score (nSPS) is 11.5. The van der Waals surface area contributed by atoms with Crippen molar-refractivity contribution in [1.29, 1.82) is 5.26 Å². The summed E-state index contributed by atoms with van der Waals surface area (Å²) in [5.74, 6) is -3.53. The van der Waals surface area contributed by atoms with E-state index in [1.807, 2.05) is 20.2 Å². The van der Waals surface area contributed by atoms with Gasteiger partial charge in [-0.3, -0.25) is 9.36 Å². The van der Waals surface area contributed by atoms with Crippen LogP contribution in [0.3, 0.4) is 0 Å². The van der Waals surface area contributed by atoms with Gasteiger partial charge in [-0.1, -0.05) is 0 Å². The minimum Gasteiger partial charge on any atom is -0.542 e. The summed E-state index contributed by atoms with van der Waals surface area (Å²) in [7, 11) is 5.23. The maximum absolute atomic E-state index is 13.6. The molecule has 0 unspecified atom stereocenters. The molecule has 47 heavy (non-hydrogen) atoms.